The van der Waals surface area contributed by atoms with E-state index in [0.29, 0.717) is 22.0 Å². The molecule has 0 atom stereocenters. The summed E-state index contributed by atoms with van der Waals surface area (Å²) >= 11 is 6.11. The summed E-state index contributed by atoms with van der Waals surface area (Å²) in [5.41, 5.74) is 1.75. The fraction of sp³-hybridized carbons (Fsp3) is 0.263. The molecule has 0 spiro atoms. The quantitative estimate of drug-likeness (QED) is 0.831. The zero-order valence-electron chi connectivity index (χ0n) is 13.8. The molecule has 0 saturated heterocycles. The number of ether oxygens (including phenoxy) is 1. The van der Waals surface area contributed by atoms with Crippen LogP contribution in [0.3, 0.4) is 0 Å². The van der Waals surface area contributed by atoms with E-state index in [-0.39, 0.29) is 24.3 Å². The van der Waals surface area contributed by atoms with E-state index in [0.717, 1.165) is 18.4 Å². The van der Waals surface area contributed by atoms with Crippen molar-refractivity contribution in [2.75, 3.05) is 12.4 Å². The topological polar surface area (TPSA) is 67.4 Å². The van der Waals surface area contributed by atoms with Crippen LogP contribution >= 0.6 is 11.6 Å². The lowest BCUT2D eigenvalue weighted by Crippen LogP contribution is -2.26. The Labute approximate surface area is 151 Å². The van der Waals surface area contributed by atoms with Gasteiger partial charge in [-0.25, -0.2) is 0 Å². The number of anilines is 1. The van der Waals surface area contributed by atoms with E-state index in [2.05, 4.69) is 10.6 Å². The lowest BCUT2D eigenvalue weighted by Gasteiger charge is -2.10. The molecule has 0 heterocycles. The van der Waals surface area contributed by atoms with Crippen molar-refractivity contribution >= 4 is 29.1 Å². The van der Waals surface area contributed by atoms with Crippen LogP contribution in [-0.4, -0.2) is 25.0 Å². The first-order valence-corrected chi connectivity index (χ1v) is 8.46. The molecule has 2 amide bonds. The number of carbonyl (C=O) groups is 2. The van der Waals surface area contributed by atoms with Crippen LogP contribution in [0.2, 0.25) is 5.02 Å². The fourth-order valence-corrected chi connectivity index (χ4v) is 2.64. The molecule has 1 fully saturated rings. The average molecular weight is 359 g/mol. The van der Waals surface area contributed by atoms with Gasteiger partial charge in [0.15, 0.2) is 0 Å². The minimum Gasteiger partial charge on any atom is -0.497 e. The zero-order chi connectivity index (χ0) is 17.8. The number of nitrogens with one attached hydrogen (secondary N) is 2. The number of halogens is 1. The van der Waals surface area contributed by atoms with Gasteiger partial charge in [0.05, 0.1) is 24.1 Å². The molecule has 1 aliphatic carbocycles. The van der Waals surface area contributed by atoms with Gasteiger partial charge in [-0.15, -0.1) is 0 Å². The molecule has 5 nitrogen and oxygen atoms in total. The number of hydrogen-bond donors (Lipinski definition) is 2. The van der Waals surface area contributed by atoms with Crippen LogP contribution in [0.25, 0.3) is 0 Å². The van der Waals surface area contributed by atoms with Crippen LogP contribution in [0.15, 0.2) is 42.5 Å². The van der Waals surface area contributed by atoms with E-state index < -0.39 is 0 Å². The molecule has 2 aromatic rings. The predicted octanol–water partition coefficient (Wildman–Crippen LogP) is 3.42. The average Bonchev–Trinajstić information content (AvgIpc) is 3.40. The maximum Gasteiger partial charge on any atom is 0.253 e. The molecule has 0 aliphatic heterocycles. The van der Waals surface area contributed by atoms with Gasteiger partial charge in [0, 0.05) is 11.7 Å². The van der Waals surface area contributed by atoms with Crippen LogP contribution < -0.4 is 15.4 Å². The summed E-state index contributed by atoms with van der Waals surface area (Å²) in [7, 11) is 1.58. The molecule has 1 saturated carbocycles. The lowest BCUT2D eigenvalue weighted by molar-refractivity contribution is -0.115. The van der Waals surface area contributed by atoms with Gasteiger partial charge in [0.25, 0.3) is 5.91 Å². The highest BCUT2D eigenvalue weighted by atomic mass is 35.5. The van der Waals surface area contributed by atoms with Crippen molar-refractivity contribution < 1.29 is 14.3 Å². The lowest BCUT2D eigenvalue weighted by atomic mass is 10.1. The Bertz CT molecular complexity index is 803. The molecule has 3 rings (SSSR count). The first kappa shape index (κ1) is 17.3. The van der Waals surface area contributed by atoms with Crippen molar-refractivity contribution in [1.29, 1.82) is 0 Å². The molecule has 0 unspecified atom stereocenters. The summed E-state index contributed by atoms with van der Waals surface area (Å²) in [6.07, 6.45) is 2.21. The third-order valence-corrected chi connectivity index (χ3v) is 4.24. The summed E-state index contributed by atoms with van der Waals surface area (Å²) in [4.78, 5) is 24.4. The van der Waals surface area contributed by atoms with Gasteiger partial charge in [0.1, 0.15) is 5.75 Å². The Morgan fingerprint density at radius 1 is 1.20 bits per heavy atom. The van der Waals surface area contributed by atoms with Gasteiger partial charge < -0.3 is 15.4 Å². The molecular weight excluding hydrogens is 340 g/mol. The minimum absolute atomic E-state index is 0.177. The number of carbonyl (C=O) groups excluding carboxylic acids is 2. The second-order valence-corrected chi connectivity index (χ2v) is 6.43. The van der Waals surface area contributed by atoms with E-state index >= 15 is 0 Å². The van der Waals surface area contributed by atoms with E-state index in [4.69, 9.17) is 16.3 Å². The van der Waals surface area contributed by atoms with Crippen molar-refractivity contribution in [1.82, 2.24) is 5.32 Å². The predicted molar refractivity (Wildman–Crippen MR) is 97.3 cm³/mol. The number of hydrogen-bond acceptors (Lipinski definition) is 3. The first-order valence-electron chi connectivity index (χ1n) is 8.08. The molecule has 6 heteroatoms. The van der Waals surface area contributed by atoms with E-state index in [1.807, 2.05) is 24.3 Å². The Kier molecular flexibility index (Phi) is 5.24. The van der Waals surface area contributed by atoms with Gasteiger partial charge in [-0.1, -0.05) is 23.7 Å². The molecule has 1 aliphatic rings. The first-order chi connectivity index (χ1) is 12.0. The van der Waals surface area contributed by atoms with Crippen LogP contribution in [0, 0.1) is 0 Å². The van der Waals surface area contributed by atoms with Gasteiger partial charge in [-0.05, 0) is 48.7 Å². The van der Waals surface area contributed by atoms with Gasteiger partial charge in [0.2, 0.25) is 5.91 Å². The van der Waals surface area contributed by atoms with E-state index in [1.54, 1.807) is 25.3 Å². The van der Waals surface area contributed by atoms with Crippen molar-refractivity contribution in [2.24, 2.45) is 0 Å². The third-order valence-electron chi connectivity index (χ3n) is 3.91. The smallest absolute Gasteiger partial charge is 0.253 e. The third kappa shape index (κ3) is 4.73. The van der Waals surface area contributed by atoms with Crippen LogP contribution in [0.1, 0.15) is 28.8 Å². The monoisotopic (exact) mass is 358 g/mol. The van der Waals surface area contributed by atoms with E-state index in [9.17, 15) is 9.59 Å². The maximum atomic E-state index is 12.2. The standard InChI is InChI=1S/C19H19ClN2O3/c1-25-15-4-2-3-12(9-15)10-18(23)21-14-7-8-17(20)16(11-14)19(24)22-13-5-6-13/h2-4,7-9,11,13H,5-6,10H2,1H3,(H,21,23)(H,22,24). The molecule has 2 N–H and O–H groups in total. The van der Waals surface area contributed by atoms with Crippen LogP contribution in [0.4, 0.5) is 5.69 Å². The molecule has 25 heavy (non-hydrogen) atoms. The van der Waals surface area contributed by atoms with Gasteiger partial charge in [-0.3, -0.25) is 9.59 Å². The highest BCUT2D eigenvalue weighted by molar-refractivity contribution is 6.34. The van der Waals surface area contributed by atoms with Crippen molar-refractivity contribution in [3.8, 4) is 5.75 Å². The second-order valence-electron chi connectivity index (χ2n) is 6.02. The van der Waals surface area contributed by atoms with Crippen molar-refractivity contribution in [3.05, 3.63) is 58.6 Å². The molecule has 0 bridgehead atoms. The van der Waals surface area contributed by atoms with E-state index in [1.165, 1.54) is 0 Å². The summed E-state index contributed by atoms with van der Waals surface area (Å²) in [5.74, 6) is 0.316. The summed E-state index contributed by atoms with van der Waals surface area (Å²) in [6, 6.07) is 12.5. The molecule has 0 aromatic heterocycles. The fourth-order valence-electron chi connectivity index (χ4n) is 2.44. The summed E-state index contributed by atoms with van der Waals surface area (Å²) in [5, 5.41) is 6.06. The number of rotatable bonds is 6. The minimum atomic E-state index is -0.212. The van der Waals surface area contributed by atoms with Crippen LogP contribution in [0.5, 0.6) is 5.75 Å². The van der Waals surface area contributed by atoms with Gasteiger partial charge >= 0.3 is 0 Å². The Morgan fingerprint density at radius 3 is 2.72 bits per heavy atom. The molecule has 0 radical (unpaired) electrons. The number of benzene rings is 2. The van der Waals surface area contributed by atoms with Crippen molar-refractivity contribution in [2.45, 2.75) is 25.3 Å². The van der Waals surface area contributed by atoms with Crippen LogP contribution in [-0.2, 0) is 11.2 Å². The SMILES string of the molecule is COc1cccc(CC(=O)Nc2ccc(Cl)c(C(=O)NC3CC3)c2)c1. The Hall–Kier alpha value is -2.53. The maximum absolute atomic E-state index is 12.2. The van der Waals surface area contributed by atoms with Gasteiger partial charge in [-0.2, -0.15) is 0 Å². The summed E-state index contributed by atoms with van der Waals surface area (Å²) in [6.45, 7) is 0. The Balaban J connectivity index is 1.67. The van der Waals surface area contributed by atoms with Crippen molar-refractivity contribution in [3.63, 3.8) is 0 Å². The Morgan fingerprint density at radius 2 is 2.00 bits per heavy atom. The zero-order valence-corrected chi connectivity index (χ0v) is 14.6. The largest absolute Gasteiger partial charge is 0.497 e. The molecular formula is C19H19ClN2O3. The number of amides is 2. The summed E-state index contributed by atoms with van der Waals surface area (Å²) < 4.78 is 5.16. The number of methoxy groups -OCH3 is 1. The normalized spacial score (nSPS) is 13.2. The molecule has 2 aromatic carbocycles. The highest BCUT2D eigenvalue weighted by Crippen LogP contribution is 2.24. The second kappa shape index (κ2) is 7.57. The molecule has 130 valence electrons. The highest BCUT2D eigenvalue weighted by Gasteiger charge is 2.24.